The van der Waals surface area contributed by atoms with Crippen molar-refractivity contribution in [1.82, 2.24) is 14.9 Å². The average molecular weight is 389 g/mol. The molecule has 1 N–H and O–H groups in total. The lowest BCUT2D eigenvalue weighted by atomic mass is 9.95. The maximum Gasteiger partial charge on any atom is 0.413 e. The zero-order valence-corrected chi connectivity index (χ0v) is 16.3. The molecule has 0 aliphatic heterocycles. The first-order valence-corrected chi connectivity index (χ1v) is 9.96. The molecule has 144 valence electrons. The molecule has 2 amide bonds. The Morgan fingerprint density at radius 1 is 1.26 bits per heavy atom. The van der Waals surface area contributed by atoms with Gasteiger partial charge in [0.1, 0.15) is 0 Å². The third-order valence-corrected chi connectivity index (χ3v) is 5.84. The molecule has 1 atom stereocenters. The molecule has 1 aromatic heterocycles. The molecule has 3 rings (SSSR count). The molecule has 1 fully saturated rings. The summed E-state index contributed by atoms with van der Waals surface area (Å²) >= 11 is 1.19. The summed E-state index contributed by atoms with van der Waals surface area (Å²) in [4.78, 5) is 41.3. The lowest BCUT2D eigenvalue weighted by Crippen LogP contribution is -2.36. The smallest absolute Gasteiger partial charge is 0.413 e. The largest absolute Gasteiger partial charge is 0.453 e. The quantitative estimate of drug-likeness (QED) is 0.638. The number of nitrogens with one attached hydrogen (secondary N) is 1. The molecule has 1 aromatic carbocycles. The number of hydrogen-bond acceptors (Lipinski definition) is 6. The molecule has 0 spiro atoms. The maximum absolute atomic E-state index is 13.2. The maximum atomic E-state index is 13.2. The second kappa shape index (κ2) is 8.56. The lowest BCUT2D eigenvalue weighted by molar-refractivity contribution is -0.119. The number of carbonyl (C=O) groups is 2. The average Bonchev–Trinajstić information content (AvgIpc) is 2.68. The highest BCUT2D eigenvalue weighted by Crippen LogP contribution is 2.32. The first-order chi connectivity index (χ1) is 13.0. The number of amides is 2. The van der Waals surface area contributed by atoms with E-state index in [9.17, 15) is 14.4 Å². The van der Waals surface area contributed by atoms with E-state index in [1.54, 1.807) is 23.6 Å². The van der Waals surface area contributed by atoms with E-state index < -0.39 is 17.3 Å². The Kier molecular flexibility index (Phi) is 6.15. The Labute approximate surface area is 161 Å². The predicted molar refractivity (Wildman–Crippen MR) is 104 cm³/mol. The van der Waals surface area contributed by atoms with Crippen LogP contribution in [0, 0.1) is 0 Å². The zero-order valence-electron chi connectivity index (χ0n) is 15.4. The van der Waals surface area contributed by atoms with Crippen molar-refractivity contribution in [1.29, 1.82) is 0 Å². The van der Waals surface area contributed by atoms with Gasteiger partial charge in [0.2, 0.25) is 5.91 Å². The summed E-state index contributed by atoms with van der Waals surface area (Å²) in [6, 6.07) is 7.33. The number of nitrogens with zero attached hydrogens (tertiary/aromatic N) is 2. The monoisotopic (exact) mass is 389 g/mol. The number of thioether (sulfide) groups is 1. The van der Waals surface area contributed by atoms with Crippen LogP contribution in [0.3, 0.4) is 0 Å². The van der Waals surface area contributed by atoms with Gasteiger partial charge >= 0.3 is 6.09 Å². The van der Waals surface area contributed by atoms with Crippen molar-refractivity contribution in [2.24, 2.45) is 0 Å². The van der Waals surface area contributed by atoms with Crippen molar-refractivity contribution in [3.8, 4) is 0 Å². The third kappa shape index (κ3) is 4.32. The van der Waals surface area contributed by atoms with Gasteiger partial charge in [-0.3, -0.25) is 19.5 Å². The van der Waals surface area contributed by atoms with Crippen LogP contribution in [0.5, 0.6) is 0 Å². The van der Waals surface area contributed by atoms with Crippen LogP contribution in [0.25, 0.3) is 10.9 Å². The van der Waals surface area contributed by atoms with Crippen LogP contribution in [0.1, 0.15) is 45.1 Å². The summed E-state index contributed by atoms with van der Waals surface area (Å²) in [5, 5.41) is 2.65. The first kappa shape index (κ1) is 19.4. The number of carbonyl (C=O) groups excluding carboxylic acids is 2. The molecular formula is C19H23N3O4S. The van der Waals surface area contributed by atoms with E-state index in [0.717, 1.165) is 25.7 Å². The Hall–Kier alpha value is -2.35. The van der Waals surface area contributed by atoms with E-state index in [1.165, 1.54) is 25.3 Å². The third-order valence-electron chi connectivity index (χ3n) is 4.78. The van der Waals surface area contributed by atoms with Crippen LogP contribution in [0.15, 0.2) is 34.2 Å². The van der Waals surface area contributed by atoms with Gasteiger partial charge < -0.3 is 4.74 Å². The molecule has 27 heavy (non-hydrogen) atoms. The first-order valence-electron chi connectivity index (χ1n) is 9.08. The van der Waals surface area contributed by atoms with E-state index >= 15 is 0 Å². The Morgan fingerprint density at radius 3 is 2.67 bits per heavy atom. The summed E-state index contributed by atoms with van der Waals surface area (Å²) in [5.74, 6) is -0.482. The number of hydrogen-bond donors (Lipinski definition) is 1. The predicted octanol–water partition coefficient (Wildman–Crippen LogP) is 3.26. The van der Waals surface area contributed by atoms with Crippen molar-refractivity contribution in [2.75, 3.05) is 7.11 Å². The number of benzene rings is 1. The summed E-state index contributed by atoms with van der Waals surface area (Å²) < 4.78 is 6.21. The number of rotatable bonds is 4. The Balaban J connectivity index is 1.98. The van der Waals surface area contributed by atoms with Crippen molar-refractivity contribution < 1.29 is 14.3 Å². The summed E-state index contributed by atoms with van der Waals surface area (Å²) in [6.07, 6.45) is 4.38. The summed E-state index contributed by atoms with van der Waals surface area (Å²) in [6.45, 7) is 1.68. The molecule has 7 nitrogen and oxygen atoms in total. The molecular weight excluding hydrogens is 366 g/mol. The Morgan fingerprint density at radius 2 is 1.96 bits per heavy atom. The molecule has 1 heterocycles. The van der Waals surface area contributed by atoms with Gasteiger partial charge in [-0.05, 0) is 31.9 Å². The molecule has 1 aliphatic rings. The van der Waals surface area contributed by atoms with Crippen LogP contribution < -0.4 is 10.9 Å². The SMILES string of the molecule is COC(=O)NC(=O)[C@@H](C)Sc1nc2ccccc2c(=O)n1C1CCCCC1. The molecule has 8 heteroatoms. The van der Waals surface area contributed by atoms with Gasteiger partial charge in [0, 0.05) is 6.04 Å². The Bertz CT molecular complexity index is 905. The number of fused-ring (bicyclic) bond motifs is 1. The highest BCUT2D eigenvalue weighted by atomic mass is 32.2. The number of aromatic nitrogens is 2. The van der Waals surface area contributed by atoms with Crippen LogP contribution >= 0.6 is 11.8 Å². The highest BCUT2D eigenvalue weighted by Gasteiger charge is 2.25. The lowest BCUT2D eigenvalue weighted by Gasteiger charge is -2.26. The van der Waals surface area contributed by atoms with Crippen molar-refractivity contribution >= 4 is 34.7 Å². The van der Waals surface area contributed by atoms with Crippen molar-refractivity contribution in [3.63, 3.8) is 0 Å². The summed E-state index contributed by atoms with van der Waals surface area (Å²) in [7, 11) is 1.20. The van der Waals surface area contributed by atoms with Crippen LogP contribution in [-0.4, -0.2) is 33.9 Å². The van der Waals surface area contributed by atoms with Gasteiger partial charge in [0.05, 0.1) is 23.3 Å². The van der Waals surface area contributed by atoms with Gasteiger partial charge in [0.25, 0.3) is 5.56 Å². The second-order valence-corrected chi connectivity index (χ2v) is 7.93. The minimum atomic E-state index is -0.802. The zero-order chi connectivity index (χ0) is 19.4. The fourth-order valence-electron chi connectivity index (χ4n) is 3.33. The van der Waals surface area contributed by atoms with Gasteiger partial charge in [-0.1, -0.05) is 43.2 Å². The van der Waals surface area contributed by atoms with Gasteiger partial charge in [0.15, 0.2) is 5.16 Å². The minimum Gasteiger partial charge on any atom is -0.453 e. The topological polar surface area (TPSA) is 90.3 Å². The fourth-order valence-corrected chi connectivity index (χ4v) is 4.31. The van der Waals surface area contributed by atoms with E-state index in [0.29, 0.717) is 16.1 Å². The molecule has 0 unspecified atom stereocenters. The number of alkyl carbamates (subject to hydrolysis) is 1. The van der Waals surface area contributed by atoms with Gasteiger partial charge in [-0.25, -0.2) is 9.78 Å². The number of ether oxygens (including phenoxy) is 1. The van der Waals surface area contributed by atoms with Crippen LogP contribution in [0.2, 0.25) is 0 Å². The fraction of sp³-hybridized carbons (Fsp3) is 0.474. The van der Waals surface area contributed by atoms with Crippen LogP contribution in [0.4, 0.5) is 4.79 Å². The molecule has 0 bridgehead atoms. The number of para-hydroxylation sites is 1. The molecule has 1 saturated carbocycles. The van der Waals surface area contributed by atoms with E-state index in [-0.39, 0.29) is 11.6 Å². The number of imide groups is 1. The van der Waals surface area contributed by atoms with Gasteiger partial charge in [-0.2, -0.15) is 0 Å². The van der Waals surface area contributed by atoms with Crippen molar-refractivity contribution in [2.45, 2.75) is 55.5 Å². The van der Waals surface area contributed by atoms with Crippen molar-refractivity contribution in [3.05, 3.63) is 34.6 Å². The summed E-state index contributed by atoms with van der Waals surface area (Å²) in [5.41, 5.74) is 0.535. The normalized spacial score (nSPS) is 16.1. The number of methoxy groups -OCH3 is 1. The molecule has 0 saturated heterocycles. The minimum absolute atomic E-state index is 0.0735. The van der Waals surface area contributed by atoms with E-state index in [4.69, 9.17) is 0 Å². The molecule has 2 aromatic rings. The standard InChI is InChI=1S/C19H23N3O4S/c1-12(16(23)21-19(25)26-2)27-18-20-15-11-7-6-10-14(15)17(24)22(18)13-8-4-3-5-9-13/h6-7,10-13H,3-5,8-9H2,1-2H3,(H,21,23,25)/t12-/m1/s1. The van der Waals surface area contributed by atoms with E-state index in [1.807, 2.05) is 12.1 Å². The van der Waals surface area contributed by atoms with Crippen LogP contribution in [-0.2, 0) is 9.53 Å². The van der Waals surface area contributed by atoms with E-state index in [2.05, 4.69) is 15.0 Å². The second-order valence-electron chi connectivity index (χ2n) is 6.62. The molecule has 1 aliphatic carbocycles. The van der Waals surface area contributed by atoms with Gasteiger partial charge in [-0.15, -0.1) is 0 Å². The molecule has 0 radical (unpaired) electrons. The highest BCUT2D eigenvalue weighted by molar-refractivity contribution is 8.00.